The zero-order valence-corrected chi connectivity index (χ0v) is 22.7. The first-order valence-corrected chi connectivity index (χ1v) is 15.2. The average molecular weight is 482 g/mol. The molecule has 0 spiro atoms. The Morgan fingerprint density at radius 3 is 1.61 bits per heavy atom. The molecule has 0 aliphatic carbocycles. The fourth-order valence-electron chi connectivity index (χ4n) is 4.37. The first-order valence-electron chi connectivity index (χ1n) is 13.3. The van der Waals surface area contributed by atoms with E-state index in [4.69, 9.17) is 5.73 Å². The fourth-order valence-corrected chi connectivity index (χ4v) is 4.83. The summed E-state index contributed by atoms with van der Waals surface area (Å²) in [5.41, 5.74) is 10.2. The zero-order chi connectivity index (χ0) is 24.5. The molecule has 0 atom stereocenters. The smallest absolute Gasteiger partial charge is 0.208 e. The zero-order valence-electron chi connectivity index (χ0n) is 21.9. The molecule has 0 aromatic heterocycles. The quantitative estimate of drug-likeness (QED) is 0.160. The molecule has 192 valence electrons. The number of nitrogens with one attached hydrogen (secondary N) is 1. The fraction of sp³-hybridized carbons (Fsp3) is 0.778. The number of anilines is 2. The minimum atomic E-state index is -3.17. The van der Waals surface area contributed by atoms with Gasteiger partial charge in [0, 0.05) is 31.0 Å². The molecule has 6 heteroatoms. The van der Waals surface area contributed by atoms with Crippen LogP contribution in [0, 0.1) is 13.8 Å². The molecule has 5 nitrogen and oxygen atoms in total. The first kappa shape index (κ1) is 29.8. The van der Waals surface area contributed by atoms with Gasteiger partial charge in [-0.05, 0) is 43.5 Å². The molecule has 0 aliphatic heterocycles. The standard InChI is InChI=1S/C27H51N3O2S/c1-5-6-7-8-9-10-11-12-13-14-15-16-17-18-20-30(21-19-29-33(4,31)32)26-22-24(2)27(28)25(3)23-26/h22-23,29H,5-21,28H2,1-4H3. The number of hydrogen-bond acceptors (Lipinski definition) is 4. The van der Waals surface area contributed by atoms with Crippen molar-refractivity contribution in [3.8, 4) is 0 Å². The van der Waals surface area contributed by atoms with Gasteiger partial charge in [0.1, 0.15) is 0 Å². The summed E-state index contributed by atoms with van der Waals surface area (Å²) in [6, 6.07) is 4.24. The van der Waals surface area contributed by atoms with Crippen molar-refractivity contribution < 1.29 is 8.42 Å². The van der Waals surface area contributed by atoms with Gasteiger partial charge in [0.15, 0.2) is 0 Å². The number of nitrogens with two attached hydrogens (primary N) is 1. The van der Waals surface area contributed by atoms with Crippen LogP contribution in [-0.2, 0) is 10.0 Å². The molecule has 1 aromatic carbocycles. The van der Waals surface area contributed by atoms with Crippen LogP contribution in [0.25, 0.3) is 0 Å². The number of benzene rings is 1. The van der Waals surface area contributed by atoms with Crippen LogP contribution in [0.5, 0.6) is 0 Å². The number of aryl methyl sites for hydroxylation is 2. The summed E-state index contributed by atoms with van der Waals surface area (Å²) in [6.45, 7) is 8.36. The molecule has 0 saturated carbocycles. The molecule has 0 heterocycles. The molecule has 0 radical (unpaired) electrons. The predicted molar refractivity (Wildman–Crippen MR) is 146 cm³/mol. The van der Waals surface area contributed by atoms with Crippen LogP contribution in [0.2, 0.25) is 0 Å². The summed E-state index contributed by atoms with van der Waals surface area (Å²) in [7, 11) is -3.17. The van der Waals surface area contributed by atoms with Crippen molar-refractivity contribution in [1.82, 2.24) is 4.72 Å². The summed E-state index contributed by atoms with van der Waals surface area (Å²) in [5, 5.41) is 0. The summed E-state index contributed by atoms with van der Waals surface area (Å²) < 4.78 is 25.5. The molecule has 1 aromatic rings. The lowest BCUT2D eigenvalue weighted by Crippen LogP contribution is -2.35. The van der Waals surface area contributed by atoms with E-state index in [-0.39, 0.29) is 0 Å². The number of sulfonamides is 1. The Balaban J connectivity index is 2.27. The molecule has 0 bridgehead atoms. The normalized spacial score (nSPS) is 11.8. The van der Waals surface area contributed by atoms with Crippen LogP contribution >= 0.6 is 0 Å². The summed E-state index contributed by atoms with van der Waals surface area (Å²) in [6.07, 6.45) is 20.1. The van der Waals surface area contributed by atoms with Crippen LogP contribution in [0.3, 0.4) is 0 Å². The molecule has 0 aliphatic rings. The minimum Gasteiger partial charge on any atom is -0.398 e. The van der Waals surface area contributed by atoms with Crippen molar-refractivity contribution in [2.45, 2.75) is 111 Å². The highest BCUT2D eigenvalue weighted by molar-refractivity contribution is 7.88. The summed E-state index contributed by atoms with van der Waals surface area (Å²) in [5.74, 6) is 0. The Bertz CT molecular complexity index is 727. The van der Waals surface area contributed by atoms with Crippen LogP contribution in [-0.4, -0.2) is 34.3 Å². The Hall–Kier alpha value is -1.27. The van der Waals surface area contributed by atoms with Crippen molar-refractivity contribution in [2.24, 2.45) is 0 Å². The predicted octanol–water partition coefficient (Wildman–Crippen LogP) is 6.72. The summed E-state index contributed by atoms with van der Waals surface area (Å²) in [4.78, 5) is 2.29. The van der Waals surface area contributed by atoms with Crippen molar-refractivity contribution in [1.29, 1.82) is 0 Å². The van der Waals surface area contributed by atoms with Gasteiger partial charge in [-0.3, -0.25) is 0 Å². The highest BCUT2D eigenvalue weighted by Crippen LogP contribution is 2.25. The maximum atomic E-state index is 11.5. The average Bonchev–Trinajstić information content (AvgIpc) is 2.75. The summed E-state index contributed by atoms with van der Waals surface area (Å²) >= 11 is 0. The molecule has 0 fully saturated rings. The van der Waals surface area contributed by atoms with Gasteiger partial charge in [-0.25, -0.2) is 13.1 Å². The molecule has 0 amide bonds. The lowest BCUT2D eigenvalue weighted by atomic mass is 10.0. The van der Waals surface area contributed by atoms with Gasteiger partial charge in [0.2, 0.25) is 10.0 Å². The third-order valence-electron chi connectivity index (χ3n) is 6.47. The minimum absolute atomic E-state index is 0.417. The van der Waals surface area contributed by atoms with E-state index in [1.165, 1.54) is 89.7 Å². The van der Waals surface area contributed by atoms with E-state index in [2.05, 4.69) is 28.7 Å². The van der Waals surface area contributed by atoms with Gasteiger partial charge in [-0.15, -0.1) is 0 Å². The largest absolute Gasteiger partial charge is 0.398 e. The monoisotopic (exact) mass is 481 g/mol. The highest BCUT2D eigenvalue weighted by Gasteiger charge is 2.11. The third kappa shape index (κ3) is 14.6. The Kier molecular flexibility index (Phi) is 15.5. The van der Waals surface area contributed by atoms with Gasteiger partial charge in [-0.1, -0.05) is 90.4 Å². The highest BCUT2D eigenvalue weighted by atomic mass is 32.2. The van der Waals surface area contributed by atoms with Gasteiger partial charge >= 0.3 is 0 Å². The molecular weight excluding hydrogens is 430 g/mol. The van der Waals surface area contributed by atoms with Gasteiger partial charge in [0.25, 0.3) is 0 Å². The van der Waals surface area contributed by atoms with Crippen LogP contribution in [0.15, 0.2) is 12.1 Å². The van der Waals surface area contributed by atoms with E-state index in [0.717, 1.165) is 35.5 Å². The maximum Gasteiger partial charge on any atom is 0.208 e. The molecular formula is C27H51N3O2S. The van der Waals surface area contributed by atoms with E-state index in [9.17, 15) is 8.42 Å². The van der Waals surface area contributed by atoms with Crippen LogP contribution < -0.4 is 15.4 Å². The van der Waals surface area contributed by atoms with Gasteiger partial charge < -0.3 is 10.6 Å². The Morgan fingerprint density at radius 1 is 0.758 bits per heavy atom. The molecule has 1 rings (SSSR count). The van der Waals surface area contributed by atoms with Gasteiger partial charge in [-0.2, -0.15) is 0 Å². The van der Waals surface area contributed by atoms with E-state index in [1.807, 2.05) is 13.8 Å². The number of nitrogen functional groups attached to an aromatic ring is 1. The second kappa shape index (κ2) is 17.2. The number of unbranched alkanes of at least 4 members (excludes halogenated alkanes) is 13. The lowest BCUT2D eigenvalue weighted by molar-refractivity contribution is 0.534. The van der Waals surface area contributed by atoms with Crippen LogP contribution in [0.1, 0.15) is 108 Å². The lowest BCUT2D eigenvalue weighted by Gasteiger charge is -2.26. The SMILES string of the molecule is CCCCCCCCCCCCCCCCN(CCNS(C)(=O)=O)c1cc(C)c(N)c(C)c1. The van der Waals surface area contributed by atoms with Crippen molar-refractivity contribution >= 4 is 21.4 Å². The number of hydrogen-bond donors (Lipinski definition) is 2. The van der Waals surface area contributed by atoms with E-state index < -0.39 is 10.0 Å². The van der Waals surface area contributed by atoms with Crippen LogP contribution in [0.4, 0.5) is 11.4 Å². The number of nitrogens with zero attached hydrogens (tertiary/aromatic N) is 1. The van der Waals surface area contributed by atoms with E-state index >= 15 is 0 Å². The van der Waals surface area contributed by atoms with E-state index in [0.29, 0.717) is 13.1 Å². The molecule has 33 heavy (non-hydrogen) atoms. The maximum absolute atomic E-state index is 11.5. The second-order valence-corrected chi connectivity index (χ2v) is 11.6. The van der Waals surface area contributed by atoms with Crippen molar-refractivity contribution in [3.63, 3.8) is 0 Å². The second-order valence-electron chi connectivity index (χ2n) is 9.74. The van der Waals surface area contributed by atoms with E-state index in [1.54, 1.807) is 0 Å². The van der Waals surface area contributed by atoms with Gasteiger partial charge in [0.05, 0.1) is 6.26 Å². The molecule has 3 N–H and O–H groups in total. The number of rotatable bonds is 20. The first-order chi connectivity index (χ1) is 15.7. The Labute approximate surface area is 205 Å². The molecule has 0 unspecified atom stereocenters. The van der Waals surface area contributed by atoms with Crippen molar-refractivity contribution in [2.75, 3.05) is 36.5 Å². The molecule has 0 saturated heterocycles. The Morgan fingerprint density at radius 2 is 1.18 bits per heavy atom. The topological polar surface area (TPSA) is 75.4 Å². The van der Waals surface area contributed by atoms with Crippen molar-refractivity contribution in [3.05, 3.63) is 23.3 Å². The third-order valence-corrected chi connectivity index (χ3v) is 7.20.